The van der Waals surface area contributed by atoms with Gasteiger partial charge in [-0.25, -0.2) is 4.98 Å². The van der Waals surface area contributed by atoms with E-state index in [0.717, 1.165) is 22.0 Å². The topological polar surface area (TPSA) is 88.9 Å². The van der Waals surface area contributed by atoms with Crippen LogP contribution < -0.4 is 10.9 Å². The summed E-state index contributed by atoms with van der Waals surface area (Å²) in [5.41, 5.74) is 7.73. The van der Waals surface area contributed by atoms with Crippen LogP contribution in [0.3, 0.4) is 0 Å². The zero-order valence-corrected chi connectivity index (χ0v) is 14.7. The van der Waals surface area contributed by atoms with Crippen LogP contribution in [0.1, 0.15) is 21.9 Å². The first-order chi connectivity index (χ1) is 11.5. The first-order valence-corrected chi connectivity index (χ1v) is 8.93. The third-order valence-corrected chi connectivity index (χ3v) is 4.79. The summed E-state index contributed by atoms with van der Waals surface area (Å²) < 4.78 is 1.58. The molecule has 3 aromatic rings. The van der Waals surface area contributed by atoms with Crippen molar-refractivity contribution in [2.75, 3.05) is 0 Å². The van der Waals surface area contributed by atoms with Gasteiger partial charge in [-0.15, -0.1) is 11.3 Å². The Morgan fingerprint density at radius 2 is 2.08 bits per heavy atom. The highest BCUT2D eigenvalue weighted by Gasteiger charge is 2.13. The van der Waals surface area contributed by atoms with Gasteiger partial charge in [-0.2, -0.15) is 16.4 Å². The molecule has 7 nitrogen and oxygen atoms in total. The molecule has 0 spiro atoms. The summed E-state index contributed by atoms with van der Waals surface area (Å²) in [6.07, 6.45) is 0. The Labute approximate surface area is 146 Å². The van der Waals surface area contributed by atoms with Gasteiger partial charge < -0.3 is 0 Å². The number of nitrogens with one attached hydrogen (secondary N) is 2. The van der Waals surface area contributed by atoms with Crippen molar-refractivity contribution in [2.24, 2.45) is 0 Å². The Morgan fingerprint density at radius 1 is 1.25 bits per heavy atom. The third-order valence-electron chi connectivity index (χ3n) is 3.22. The van der Waals surface area contributed by atoms with Crippen LogP contribution in [0.5, 0.6) is 0 Å². The van der Waals surface area contributed by atoms with Crippen molar-refractivity contribution < 1.29 is 9.59 Å². The molecule has 0 unspecified atom stereocenters. The molecule has 0 atom stereocenters. The zero-order chi connectivity index (χ0) is 17.1. The summed E-state index contributed by atoms with van der Waals surface area (Å²) in [6.45, 7) is 3.76. The van der Waals surface area contributed by atoms with Gasteiger partial charge >= 0.3 is 0 Å². The molecule has 0 aliphatic rings. The Hall–Kier alpha value is -2.52. The molecule has 0 saturated carbocycles. The molecular weight excluding hydrogens is 346 g/mol. The van der Waals surface area contributed by atoms with Crippen molar-refractivity contribution in [1.82, 2.24) is 25.6 Å². The number of aromatic nitrogens is 3. The van der Waals surface area contributed by atoms with E-state index in [0.29, 0.717) is 0 Å². The van der Waals surface area contributed by atoms with E-state index in [9.17, 15) is 9.59 Å². The molecule has 0 aliphatic carbocycles. The summed E-state index contributed by atoms with van der Waals surface area (Å²) in [5, 5.41) is 10.6. The Bertz CT molecular complexity index is 866. The Kier molecular flexibility index (Phi) is 4.72. The lowest BCUT2D eigenvalue weighted by atomic mass is 10.3. The molecule has 3 aromatic heterocycles. The first kappa shape index (κ1) is 16.3. The normalized spacial score (nSPS) is 10.6. The van der Waals surface area contributed by atoms with Crippen LogP contribution >= 0.6 is 22.7 Å². The number of aryl methyl sites for hydroxylation is 2. The minimum atomic E-state index is -0.450. The summed E-state index contributed by atoms with van der Waals surface area (Å²) in [5.74, 6) is -0.808. The van der Waals surface area contributed by atoms with Crippen molar-refractivity contribution in [3.63, 3.8) is 0 Å². The summed E-state index contributed by atoms with van der Waals surface area (Å²) in [6, 6.07) is 3.83. The lowest BCUT2D eigenvalue weighted by Crippen LogP contribution is -2.43. The minimum Gasteiger partial charge on any atom is -0.271 e. The van der Waals surface area contributed by atoms with Crippen molar-refractivity contribution in [1.29, 1.82) is 0 Å². The van der Waals surface area contributed by atoms with E-state index in [1.807, 2.05) is 36.7 Å². The number of rotatable bonds is 4. The second-order valence-corrected chi connectivity index (χ2v) is 6.78. The maximum absolute atomic E-state index is 12.1. The van der Waals surface area contributed by atoms with E-state index in [1.54, 1.807) is 21.4 Å². The monoisotopic (exact) mass is 361 g/mol. The van der Waals surface area contributed by atoms with Crippen molar-refractivity contribution in [3.05, 3.63) is 45.4 Å². The smallest absolute Gasteiger partial charge is 0.271 e. The fourth-order valence-electron chi connectivity index (χ4n) is 2.10. The predicted octanol–water partition coefficient (Wildman–Crippen LogP) is 2.15. The standard InChI is InChI=1S/C15H15N5O2S2/c1-9-5-10(2)20(19-9)6-13(21)17-18-14(22)12-8-24-15(16-12)11-3-4-23-7-11/h3-5,7-8H,6H2,1-2H3,(H,17,21)(H,18,22). The van der Waals surface area contributed by atoms with E-state index in [1.165, 1.54) is 11.3 Å². The van der Waals surface area contributed by atoms with Crippen molar-refractivity contribution in [2.45, 2.75) is 20.4 Å². The van der Waals surface area contributed by atoms with Crippen LogP contribution in [-0.2, 0) is 11.3 Å². The molecule has 2 N–H and O–H groups in total. The number of thiazole rings is 1. The number of hydrogen-bond donors (Lipinski definition) is 2. The molecule has 124 valence electrons. The van der Waals surface area contributed by atoms with Gasteiger partial charge in [-0.05, 0) is 31.4 Å². The molecule has 0 saturated heterocycles. The molecule has 24 heavy (non-hydrogen) atoms. The highest BCUT2D eigenvalue weighted by Crippen LogP contribution is 2.25. The molecule has 0 fully saturated rings. The van der Waals surface area contributed by atoms with E-state index in [2.05, 4.69) is 20.9 Å². The summed E-state index contributed by atoms with van der Waals surface area (Å²) in [4.78, 5) is 28.2. The second kappa shape index (κ2) is 6.93. The van der Waals surface area contributed by atoms with E-state index < -0.39 is 5.91 Å². The molecule has 3 heterocycles. The van der Waals surface area contributed by atoms with Gasteiger partial charge in [0.05, 0.1) is 5.69 Å². The summed E-state index contributed by atoms with van der Waals surface area (Å²) in [7, 11) is 0. The molecule has 0 aliphatic heterocycles. The zero-order valence-electron chi connectivity index (χ0n) is 13.1. The SMILES string of the molecule is Cc1cc(C)n(CC(=O)NNC(=O)c2csc(-c3ccsc3)n2)n1. The maximum Gasteiger partial charge on any atom is 0.289 e. The molecule has 0 bridgehead atoms. The summed E-state index contributed by atoms with van der Waals surface area (Å²) >= 11 is 2.96. The van der Waals surface area contributed by atoms with Crippen molar-refractivity contribution >= 4 is 34.5 Å². The number of hydrogen-bond acceptors (Lipinski definition) is 6. The van der Waals surface area contributed by atoms with Crippen LogP contribution in [0, 0.1) is 13.8 Å². The largest absolute Gasteiger partial charge is 0.289 e. The average molecular weight is 361 g/mol. The van der Waals surface area contributed by atoms with Gasteiger partial charge in [0.25, 0.3) is 11.8 Å². The highest BCUT2D eigenvalue weighted by molar-refractivity contribution is 7.14. The van der Waals surface area contributed by atoms with Crippen LogP contribution in [-0.4, -0.2) is 26.6 Å². The van der Waals surface area contributed by atoms with Gasteiger partial charge in [0.1, 0.15) is 17.2 Å². The van der Waals surface area contributed by atoms with Gasteiger partial charge in [-0.3, -0.25) is 25.1 Å². The van der Waals surface area contributed by atoms with E-state index in [-0.39, 0.29) is 18.1 Å². The molecule has 3 rings (SSSR count). The van der Waals surface area contributed by atoms with Gasteiger partial charge in [0.2, 0.25) is 0 Å². The van der Waals surface area contributed by atoms with Gasteiger partial charge in [-0.1, -0.05) is 0 Å². The first-order valence-electron chi connectivity index (χ1n) is 7.11. The van der Waals surface area contributed by atoms with E-state index in [4.69, 9.17) is 0 Å². The number of thiophene rings is 1. The number of nitrogens with zero attached hydrogens (tertiary/aromatic N) is 3. The average Bonchev–Trinajstić information content (AvgIpc) is 3.26. The minimum absolute atomic E-state index is 0.0389. The lowest BCUT2D eigenvalue weighted by molar-refractivity contribution is -0.122. The molecular formula is C15H15N5O2S2. The number of amides is 2. The van der Waals surface area contributed by atoms with Crippen molar-refractivity contribution in [3.8, 4) is 10.6 Å². The maximum atomic E-state index is 12.1. The Balaban J connectivity index is 1.55. The van der Waals surface area contributed by atoms with Gasteiger partial charge in [0, 0.05) is 22.0 Å². The third kappa shape index (κ3) is 3.69. The Morgan fingerprint density at radius 3 is 2.75 bits per heavy atom. The van der Waals surface area contributed by atoms with Crippen LogP contribution in [0.15, 0.2) is 28.3 Å². The van der Waals surface area contributed by atoms with Gasteiger partial charge in [0.15, 0.2) is 0 Å². The fourth-order valence-corrected chi connectivity index (χ4v) is 3.61. The van der Waals surface area contributed by atoms with Crippen LogP contribution in [0.4, 0.5) is 0 Å². The number of hydrazine groups is 1. The molecule has 0 radical (unpaired) electrons. The lowest BCUT2D eigenvalue weighted by Gasteiger charge is -2.07. The quantitative estimate of drug-likeness (QED) is 0.697. The van der Waals surface area contributed by atoms with Crippen LogP contribution in [0.2, 0.25) is 0 Å². The molecule has 9 heteroatoms. The second-order valence-electron chi connectivity index (χ2n) is 5.14. The van der Waals surface area contributed by atoms with Crippen LogP contribution in [0.25, 0.3) is 10.6 Å². The highest BCUT2D eigenvalue weighted by atomic mass is 32.1. The molecule has 0 aromatic carbocycles. The number of carbonyl (C=O) groups is 2. The molecule has 2 amide bonds. The van der Waals surface area contributed by atoms with E-state index >= 15 is 0 Å². The predicted molar refractivity (Wildman–Crippen MR) is 92.7 cm³/mol. The fraction of sp³-hybridized carbons (Fsp3) is 0.200. The number of carbonyl (C=O) groups excluding carboxylic acids is 2.